The molecule has 19 heavy (non-hydrogen) atoms. The molecule has 108 valence electrons. The molecular weight excluding hydrogens is 244 g/mol. The molecule has 0 bridgehead atoms. The Morgan fingerprint density at radius 2 is 1.74 bits per heavy atom. The van der Waals surface area contributed by atoms with Crippen molar-refractivity contribution in [1.29, 1.82) is 0 Å². The fourth-order valence-electron chi connectivity index (χ4n) is 2.37. The largest absolute Gasteiger partial charge is 0.497 e. The maximum absolute atomic E-state index is 10.7. The topological polar surface area (TPSA) is 47.9 Å². The Morgan fingerprint density at radius 3 is 2.16 bits per heavy atom. The van der Waals surface area contributed by atoms with Gasteiger partial charge in [-0.2, -0.15) is 0 Å². The van der Waals surface area contributed by atoms with E-state index in [1.165, 1.54) is 0 Å². The summed E-state index contributed by atoms with van der Waals surface area (Å²) in [5.74, 6) is 1.32. The summed E-state index contributed by atoms with van der Waals surface area (Å²) in [5.41, 5.74) is 0.0759. The van der Waals surface area contributed by atoms with Gasteiger partial charge in [-0.25, -0.2) is 0 Å². The zero-order valence-corrected chi connectivity index (χ0v) is 12.4. The van der Waals surface area contributed by atoms with E-state index in [9.17, 15) is 5.11 Å². The molecule has 1 aromatic carbocycles. The second-order valence-corrected chi connectivity index (χ2v) is 4.49. The van der Waals surface area contributed by atoms with E-state index in [0.29, 0.717) is 29.9 Å². The summed E-state index contributed by atoms with van der Waals surface area (Å²) in [7, 11) is 4.81. The number of methoxy groups -OCH3 is 3. The molecule has 0 radical (unpaired) electrons. The van der Waals surface area contributed by atoms with E-state index < -0.39 is 11.7 Å². The molecule has 0 heterocycles. The molecule has 1 unspecified atom stereocenters. The predicted molar refractivity (Wildman–Crippen MR) is 74.8 cm³/mol. The average molecular weight is 268 g/mol. The lowest BCUT2D eigenvalue weighted by molar-refractivity contribution is -0.110. The highest BCUT2D eigenvalue weighted by atomic mass is 16.5. The van der Waals surface area contributed by atoms with Crippen LogP contribution in [0.2, 0.25) is 0 Å². The van der Waals surface area contributed by atoms with Crippen molar-refractivity contribution in [3.05, 3.63) is 23.8 Å². The average Bonchev–Trinajstić information content (AvgIpc) is 2.48. The van der Waals surface area contributed by atoms with E-state index in [2.05, 4.69) is 0 Å². The molecule has 0 aliphatic rings. The van der Waals surface area contributed by atoms with Crippen molar-refractivity contribution >= 4 is 0 Å². The number of hydrogen-bond donors (Lipinski definition) is 1. The van der Waals surface area contributed by atoms with Gasteiger partial charge in [0.2, 0.25) is 0 Å². The van der Waals surface area contributed by atoms with Crippen molar-refractivity contribution in [2.75, 3.05) is 21.3 Å². The molecule has 0 aliphatic heterocycles. The minimum atomic E-state index is -0.766. The third-order valence-corrected chi connectivity index (χ3v) is 3.83. The van der Waals surface area contributed by atoms with Crippen molar-refractivity contribution in [3.63, 3.8) is 0 Å². The Morgan fingerprint density at radius 1 is 1.11 bits per heavy atom. The molecule has 4 heteroatoms. The zero-order chi connectivity index (χ0) is 14.5. The van der Waals surface area contributed by atoms with E-state index in [0.717, 1.165) is 0 Å². The van der Waals surface area contributed by atoms with Gasteiger partial charge in [-0.05, 0) is 31.0 Å². The smallest absolute Gasteiger partial charge is 0.125 e. The summed E-state index contributed by atoms with van der Waals surface area (Å²) >= 11 is 0. The highest BCUT2D eigenvalue weighted by Crippen LogP contribution is 2.40. The fraction of sp³-hybridized carbons (Fsp3) is 0.600. The Hall–Kier alpha value is -1.26. The highest BCUT2D eigenvalue weighted by Gasteiger charge is 2.37. The van der Waals surface area contributed by atoms with Crippen molar-refractivity contribution < 1.29 is 19.3 Å². The molecule has 1 atom stereocenters. The Labute approximate surface area is 115 Å². The van der Waals surface area contributed by atoms with Crippen LogP contribution in [0.3, 0.4) is 0 Å². The Balaban J connectivity index is 3.26. The molecule has 1 N–H and O–H groups in total. The quantitative estimate of drug-likeness (QED) is 0.826. The molecular formula is C15H24O4. The lowest BCUT2D eigenvalue weighted by Gasteiger charge is -2.36. The number of aliphatic hydroxyl groups is 1. The molecule has 0 saturated carbocycles. The van der Waals surface area contributed by atoms with Crippen LogP contribution in [0.25, 0.3) is 0 Å². The summed E-state index contributed by atoms with van der Waals surface area (Å²) in [6.45, 7) is 4.01. The molecule has 0 aromatic heterocycles. The first kappa shape index (κ1) is 15.8. The van der Waals surface area contributed by atoms with Crippen LogP contribution in [0, 0.1) is 0 Å². The maximum Gasteiger partial charge on any atom is 0.125 e. The molecule has 0 fully saturated rings. The Kier molecular flexibility index (Phi) is 5.63. The van der Waals surface area contributed by atoms with Gasteiger partial charge in [0.05, 0.1) is 19.8 Å². The van der Waals surface area contributed by atoms with E-state index >= 15 is 0 Å². The number of aliphatic hydroxyl groups excluding tert-OH is 1. The van der Waals surface area contributed by atoms with Gasteiger partial charge in [-0.1, -0.05) is 13.8 Å². The number of benzene rings is 1. The third-order valence-electron chi connectivity index (χ3n) is 3.83. The van der Waals surface area contributed by atoms with Crippen LogP contribution in [0.5, 0.6) is 11.5 Å². The zero-order valence-electron chi connectivity index (χ0n) is 12.4. The second kappa shape index (κ2) is 6.78. The first-order valence-corrected chi connectivity index (χ1v) is 6.53. The van der Waals surface area contributed by atoms with Gasteiger partial charge in [0.1, 0.15) is 17.6 Å². The maximum atomic E-state index is 10.7. The van der Waals surface area contributed by atoms with Crippen LogP contribution in [-0.4, -0.2) is 32.0 Å². The molecule has 1 aromatic rings. The van der Waals surface area contributed by atoms with E-state index in [-0.39, 0.29) is 0 Å². The van der Waals surface area contributed by atoms with Crippen LogP contribution in [0.4, 0.5) is 0 Å². The van der Waals surface area contributed by atoms with Gasteiger partial charge in [-0.15, -0.1) is 0 Å². The van der Waals surface area contributed by atoms with Crippen molar-refractivity contribution in [3.8, 4) is 11.5 Å². The number of rotatable bonds is 7. The number of hydrogen-bond acceptors (Lipinski definition) is 4. The lowest BCUT2D eigenvalue weighted by Crippen LogP contribution is -2.37. The molecule has 1 rings (SSSR count). The van der Waals surface area contributed by atoms with Crippen LogP contribution in [-0.2, 0) is 4.74 Å². The summed E-state index contributed by atoms with van der Waals surface area (Å²) in [5, 5.41) is 10.7. The first-order valence-electron chi connectivity index (χ1n) is 6.53. The summed E-state index contributed by atoms with van der Waals surface area (Å²) in [4.78, 5) is 0. The van der Waals surface area contributed by atoms with Crippen molar-refractivity contribution in [2.24, 2.45) is 0 Å². The van der Waals surface area contributed by atoms with E-state index in [1.807, 2.05) is 13.8 Å². The van der Waals surface area contributed by atoms with Gasteiger partial charge >= 0.3 is 0 Å². The molecule has 4 nitrogen and oxygen atoms in total. The van der Waals surface area contributed by atoms with Gasteiger partial charge in [0, 0.05) is 12.7 Å². The third kappa shape index (κ3) is 3.01. The van der Waals surface area contributed by atoms with Gasteiger partial charge in [-0.3, -0.25) is 0 Å². The molecule has 0 aliphatic carbocycles. The Bertz CT molecular complexity index is 391. The predicted octanol–water partition coefficient (Wildman–Crippen LogP) is 2.94. The first-order chi connectivity index (χ1) is 9.08. The van der Waals surface area contributed by atoms with Crippen LogP contribution >= 0.6 is 0 Å². The minimum Gasteiger partial charge on any atom is -0.497 e. The lowest BCUT2D eigenvalue weighted by atomic mass is 9.85. The standard InChI is InChI=1S/C15H24O4/c1-6-15(7-2,19-5)14(16)12-10-11(17-3)8-9-13(12)18-4/h8-10,14,16H,6-7H2,1-5H3. The number of ether oxygens (including phenoxy) is 3. The summed E-state index contributed by atoms with van der Waals surface area (Å²) < 4.78 is 16.1. The SMILES string of the molecule is CCC(CC)(OC)C(O)c1cc(OC)ccc1OC. The normalized spacial score (nSPS) is 13.2. The second-order valence-electron chi connectivity index (χ2n) is 4.49. The van der Waals surface area contributed by atoms with E-state index in [4.69, 9.17) is 14.2 Å². The molecule has 0 saturated heterocycles. The van der Waals surface area contributed by atoms with Crippen LogP contribution in [0.15, 0.2) is 18.2 Å². The monoisotopic (exact) mass is 268 g/mol. The van der Waals surface area contributed by atoms with Gasteiger partial charge in [0.15, 0.2) is 0 Å². The summed E-state index contributed by atoms with van der Waals surface area (Å²) in [6.07, 6.45) is 0.654. The van der Waals surface area contributed by atoms with Crippen LogP contribution < -0.4 is 9.47 Å². The fourth-order valence-corrected chi connectivity index (χ4v) is 2.37. The molecule has 0 amide bonds. The van der Waals surface area contributed by atoms with Crippen molar-refractivity contribution in [1.82, 2.24) is 0 Å². The van der Waals surface area contributed by atoms with E-state index in [1.54, 1.807) is 39.5 Å². The van der Waals surface area contributed by atoms with Gasteiger partial charge in [0.25, 0.3) is 0 Å². The summed E-state index contributed by atoms with van der Waals surface area (Å²) in [6, 6.07) is 5.40. The highest BCUT2D eigenvalue weighted by molar-refractivity contribution is 5.42. The van der Waals surface area contributed by atoms with Crippen LogP contribution in [0.1, 0.15) is 38.4 Å². The minimum absolute atomic E-state index is 0.611. The molecule has 0 spiro atoms. The van der Waals surface area contributed by atoms with Gasteiger partial charge < -0.3 is 19.3 Å². The van der Waals surface area contributed by atoms with Crippen molar-refractivity contribution in [2.45, 2.75) is 38.4 Å².